The van der Waals surface area contributed by atoms with E-state index in [1.807, 2.05) is 30.0 Å². The molecule has 2 saturated heterocycles. The van der Waals surface area contributed by atoms with Crippen LogP contribution < -0.4 is 5.32 Å². The van der Waals surface area contributed by atoms with Crippen LogP contribution in [0.4, 0.5) is 10.3 Å². The van der Waals surface area contributed by atoms with Crippen LogP contribution >= 0.6 is 0 Å². The molecule has 0 saturated carbocycles. The van der Waals surface area contributed by atoms with Crippen LogP contribution in [0.3, 0.4) is 0 Å². The largest absolute Gasteiger partial charge is 0.381 e. The molecule has 29 heavy (non-hydrogen) atoms. The SMILES string of the molecule is Cc1ccnc(N[C@@H]2CN(C(=O)C3CCOCC3)CC[C@H]2c2ccc(F)cc2)n1. The number of hydrogen-bond acceptors (Lipinski definition) is 5. The van der Waals surface area contributed by atoms with Crippen molar-refractivity contribution in [1.29, 1.82) is 0 Å². The summed E-state index contributed by atoms with van der Waals surface area (Å²) in [6.45, 7) is 4.51. The predicted octanol–water partition coefficient (Wildman–Crippen LogP) is 3.15. The van der Waals surface area contributed by atoms with Crippen LogP contribution in [0, 0.1) is 18.7 Å². The highest BCUT2D eigenvalue weighted by molar-refractivity contribution is 5.79. The van der Waals surface area contributed by atoms with Crippen molar-refractivity contribution in [3.8, 4) is 0 Å². The molecule has 6 nitrogen and oxygen atoms in total. The summed E-state index contributed by atoms with van der Waals surface area (Å²) in [6.07, 6.45) is 4.11. The van der Waals surface area contributed by atoms with Crippen LogP contribution in [0.25, 0.3) is 0 Å². The monoisotopic (exact) mass is 398 g/mol. The van der Waals surface area contributed by atoms with E-state index in [1.54, 1.807) is 6.20 Å². The molecule has 1 amide bonds. The van der Waals surface area contributed by atoms with Gasteiger partial charge in [0, 0.05) is 50.0 Å². The summed E-state index contributed by atoms with van der Waals surface area (Å²) < 4.78 is 18.8. The van der Waals surface area contributed by atoms with Gasteiger partial charge in [-0.05, 0) is 49.9 Å². The van der Waals surface area contributed by atoms with Crippen molar-refractivity contribution in [3.05, 3.63) is 53.6 Å². The molecule has 0 bridgehead atoms. The highest BCUT2D eigenvalue weighted by atomic mass is 19.1. The summed E-state index contributed by atoms with van der Waals surface area (Å²) >= 11 is 0. The lowest BCUT2D eigenvalue weighted by atomic mass is 9.84. The van der Waals surface area contributed by atoms with Crippen LogP contribution in [-0.4, -0.2) is 53.1 Å². The van der Waals surface area contributed by atoms with E-state index in [2.05, 4.69) is 15.3 Å². The van der Waals surface area contributed by atoms with Gasteiger partial charge in [-0.25, -0.2) is 14.4 Å². The topological polar surface area (TPSA) is 67.4 Å². The number of carbonyl (C=O) groups excluding carboxylic acids is 1. The minimum atomic E-state index is -0.243. The van der Waals surface area contributed by atoms with Crippen molar-refractivity contribution in [1.82, 2.24) is 14.9 Å². The Hall–Kier alpha value is -2.54. The zero-order valence-corrected chi connectivity index (χ0v) is 16.7. The van der Waals surface area contributed by atoms with Crippen molar-refractivity contribution in [3.63, 3.8) is 0 Å². The quantitative estimate of drug-likeness (QED) is 0.857. The second-order valence-corrected chi connectivity index (χ2v) is 7.89. The number of carbonyl (C=O) groups is 1. The number of halogens is 1. The number of benzene rings is 1. The van der Waals surface area contributed by atoms with E-state index in [1.165, 1.54) is 12.1 Å². The Kier molecular flexibility index (Phi) is 6.04. The molecule has 2 aliphatic heterocycles. The molecule has 0 unspecified atom stereocenters. The summed E-state index contributed by atoms with van der Waals surface area (Å²) in [6, 6.07) is 8.47. The minimum Gasteiger partial charge on any atom is -0.381 e. The minimum absolute atomic E-state index is 0.0419. The van der Waals surface area contributed by atoms with Gasteiger partial charge in [-0.2, -0.15) is 0 Å². The first-order chi connectivity index (χ1) is 14.1. The molecular weight excluding hydrogens is 371 g/mol. The first-order valence-corrected chi connectivity index (χ1v) is 10.3. The van der Waals surface area contributed by atoms with E-state index >= 15 is 0 Å². The van der Waals surface area contributed by atoms with E-state index < -0.39 is 0 Å². The number of aryl methyl sites for hydroxylation is 1. The van der Waals surface area contributed by atoms with Crippen molar-refractivity contribution in [2.24, 2.45) is 5.92 Å². The lowest BCUT2D eigenvalue weighted by Gasteiger charge is -2.41. The Morgan fingerprint density at radius 1 is 1.17 bits per heavy atom. The lowest BCUT2D eigenvalue weighted by Crippen LogP contribution is -2.51. The van der Waals surface area contributed by atoms with Crippen LogP contribution in [-0.2, 0) is 9.53 Å². The van der Waals surface area contributed by atoms with Gasteiger partial charge in [0.25, 0.3) is 0 Å². The van der Waals surface area contributed by atoms with E-state index in [4.69, 9.17) is 4.74 Å². The Labute approximate surface area is 170 Å². The van der Waals surface area contributed by atoms with Crippen LogP contribution in [0.1, 0.15) is 36.4 Å². The van der Waals surface area contributed by atoms with Gasteiger partial charge in [-0.15, -0.1) is 0 Å². The third kappa shape index (κ3) is 4.72. The van der Waals surface area contributed by atoms with Gasteiger partial charge in [0.2, 0.25) is 11.9 Å². The van der Waals surface area contributed by atoms with Crippen molar-refractivity contribution < 1.29 is 13.9 Å². The molecule has 2 atom stereocenters. The van der Waals surface area contributed by atoms with Crippen molar-refractivity contribution >= 4 is 11.9 Å². The average Bonchev–Trinajstić information content (AvgIpc) is 2.75. The van der Waals surface area contributed by atoms with Gasteiger partial charge >= 0.3 is 0 Å². The van der Waals surface area contributed by atoms with Gasteiger partial charge in [-0.1, -0.05) is 12.1 Å². The zero-order chi connectivity index (χ0) is 20.2. The van der Waals surface area contributed by atoms with Crippen molar-refractivity contribution in [2.45, 2.75) is 38.1 Å². The fourth-order valence-corrected chi connectivity index (χ4v) is 4.29. The number of nitrogens with zero attached hydrogens (tertiary/aromatic N) is 3. The number of amides is 1. The zero-order valence-electron chi connectivity index (χ0n) is 16.7. The van der Waals surface area contributed by atoms with Crippen LogP contribution in [0.2, 0.25) is 0 Å². The third-order valence-corrected chi connectivity index (χ3v) is 5.90. The Balaban J connectivity index is 1.54. The molecule has 2 fully saturated rings. The molecule has 0 aliphatic carbocycles. The second-order valence-electron chi connectivity index (χ2n) is 7.89. The maximum Gasteiger partial charge on any atom is 0.225 e. The molecule has 3 heterocycles. The number of hydrogen-bond donors (Lipinski definition) is 1. The average molecular weight is 398 g/mol. The summed E-state index contributed by atoms with van der Waals surface area (Å²) in [4.78, 5) is 23.8. The van der Waals surface area contributed by atoms with Gasteiger partial charge in [0.05, 0.1) is 6.04 Å². The number of aromatic nitrogens is 2. The maximum absolute atomic E-state index is 13.4. The van der Waals surface area contributed by atoms with E-state index in [9.17, 15) is 9.18 Å². The molecule has 1 N–H and O–H groups in total. The normalized spacial score (nSPS) is 23.0. The number of ether oxygens (including phenoxy) is 1. The number of nitrogens with one attached hydrogen (secondary N) is 1. The first kappa shape index (κ1) is 19.8. The van der Waals surface area contributed by atoms with E-state index in [-0.39, 0.29) is 29.6 Å². The molecular formula is C22H27FN4O2. The molecule has 4 rings (SSSR count). The Bertz CT molecular complexity index is 839. The number of piperidine rings is 1. The van der Waals surface area contributed by atoms with Gasteiger partial charge in [-0.3, -0.25) is 4.79 Å². The molecule has 2 aromatic rings. The van der Waals surface area contributed by atoms with Crippen LogP contribution in [0.15, 0.2) is 36.5 Å². The molecule has 0 radical (unpaired) electrons. The molecule has 154 valence electrons. The standard InChI is InChI=1S/C22H27FN4O2/c1-15-6-10-24-22(25-15)26-20-14-27(21(28)17-8-12-29-13-9-17)11-7-19(20)16-2-4-18(23)5-3-16/h2-6,10,17,19-20H,7-9,11-14H2,1H3,(H,24,25,26)/t19-,20+/m0/s1. The molecule has 1 aromatic carbocycles. The highest BCUT2D eigenvalue weighted by Gasteiger charge is 2.35. The number of rotatable bonds is 4. The van der Waals surface area contributed by atoms with Gasteiger partial charge < -0.3 is 15.0 Å². The molecule has 0 spiro atoms. The van der Waals surface area contributed by atoms with Gasteiger partial charge in [0.15, 0.2) is 0 Å². The lowest BCUT2D eigenvalue weighted by molar-refractivity contribution is -0.139. The fourth-order valence-electron chi connectivity index (χ4n) is 4.29. The summed E-state index contributed by atoms with van der Waals surface area (Å²) in [5.41, 5.74) is 1.95. The van der Waals surface area contributed by atoms with Crippen LogP contribution in [0.5, 0.6) is 0 Å². The number of likely N-dealkylation sites (tertiary alicyclic amines) is 1. The number of anilines is 1. The Morgan fingerprint density at radius 2 is 1.93 bits per heavy atom. The van der Waals surface area contributed by atoms with E-state index in [0.29, 0.717) is 32.3 Å². The smallest absolute Gasteiger partial charge is 0.225 e. The Morgan fingerprint density at radius 3 is 2.66 bits per heavy atom. The molecule has 7 heteroatoms. The molecule has 2 aliphatic rings. The highest BCUT2D eigenvalue weighted by Crippen LogP contribution is 2.31. The molecule has 1 aromatic heterocycles. The fraction of sp³-hybridized carbons (Fsp3) is 0.500. The second kappa shape index (κ2) is 8.86. The summed E-state index contributed by atoms with van der Waals surface area (Å²) in [5.74, 6) is 0.721. The van der Waals surface area contributed by atoms with Gasteiger partial charge in [0.1, 0.15) is 5.82 Å². The first-order valence-electron chi connectivity index (χ1n) is 10.3. The summed E-state index contributed by atoms with van der Waals surface area (Å²) in [5, 5.41) is 3.44. The third-order valence-electron chi connectivity index (χ3n) is 5.90. The predicted molar refractivity (Wildman–Crippen MR) is 108 cm³/mol. The maximum atomic E-state index is 13.4. The summed E-state index contributed by atoms with van der Waals surface area (Å²) in [7, 11) is 0. The van der Waals surface area contributed by atoms with E-state index in [0.717, 1.165) is 30.5 Å². The van der Waals surface area contributed by atoms with Crippen molar-refractivity contribution in [2.75, 3.05) is 31.6 Å².